The van der Waals surface area contributed by atoms with Gasteiger partial charge in [-0.2, -0.15) is 0 Å². The fourth-order valence-electron chi connectivity index (χ4n) is 1.93. The van der Waals surface area contributed by atoms with Gasteiger partial charge < -0.3 is 9.31 Å². The minimum Gasteiger partial charge on any atom is -0.414 e. The third-order valence-corrected chi connectivity index (χ3v) is 2.48. The minimum absolute atomic E-state index is 0.0245. The summed E-state index contributed by atoms with van der Waals surface area (Å²) < 4.78 is 35.9. The summed E-state index contributed by atoms with van der Waals surface area (Å²) in [5.41, 5.74) is 0. The van der Waals surface area contributed by atoms with Gasteiger partial charge in [0.05, 0.1) is 0 Å². The van der Waals surface area contributed by atoms with Crippen LogP contribution in [0.5, 0.6) is 0 Å². The van der Waals surface area contributed by atoms with E-state index in [1.807, 2.05) is 0 Å². The third-order valence-electron chi connectivity index (χ3n) is 2.48. The van der Waals surface area contributed by atoms with E-state index in [0.29, 0.717) is 12.8 Å². The second kappa shape index (κ2) is 4.91. The van der Waals surface area contributed by atoms with Crippen LogP contribution in [0.2, 0.25) is 5.82 Å². The summed E-state index contributed by atoms with van der Waals surface area (Å²) in [6.45, 7) is 0. The van der Waals surface area contributed by atoms with Crippen molar-refractivity contribution in [3.05, 3.63) is 0 Å². The van der Waals surface area contributed by atoms with Crippen molar-refractivity contribution in [1.82, 2.24) is 0 Å². The molecule has 1 aliphatic rings. The Balaban J connectivity index is 2.48. The Morgan fingerprint density at radius 3 is 1.85 bits per heavy atom. The van der Waals surface area contributed by atoms with Gasteiger partial charge in [-0.25, -0.2) is 8.78 Å². The lowest BCUT2D eigenvalue weighted by atomic mass is 9.63. The Hall–Kier alpha value is -0.155. The molecule has 0 bridgehead atoms. The fraction of sp³-hybridized carbons (Fsp3) is 1.00. The van der Waals surface area contributed by atoms with Gasteiger partial charge in [0.1, 0.15) is 12.3 Å². The maximum absolute atomic E-state index is 13.0. The second-order valence-electron chi connectivity index (χ2n) is 3.50. The van der Waals surface area contributed by atoms with Crippen molar-refractivity contribution in [3.8, 4) is 0 Å². The van der Waals surface area contributed by atoms with Crippen molar-refractivity contribution in [2.45, 2.75) is 37.4 Å². The first-order valence-corrected chi connectivity index (χ1v) is 4.51. The predicted octanol–water partition coefficient (Wildman–Crippen LogP) is 2.00. The largest absolute Gasteiger partial charge is 0.459 e. The molecule has 2 nitrogen and oxygen atoms in total. The monoisotopic (exact) mass is 192 g/mol. The molecular weight excluding hydrogens is 177 g/mol. The van der Waals surface area contributed by atoms with E-state index < -0.39 is 19.5 Å². The molecule has 0 radical (unpaired) electrons. The number of rotatable bonds is 3. The van der Waals surface area contributed by atoms with E-state index in [1.165, 1.54) is 14.2 Å². The van der Waals surface area contributed by atoms with E-state index in [9.17, 15) is 8.78 Å². The average molecular weight is 192 g/mol. The summed E-state index contributed by atoms with van der Waals surface area (Å²) in [6.07, 6.45) is -1.40. The molecule has 0 aliphatic heterocycles. The van der Waals surface area contributed by atoms with Crippen molar-refractivity contribution >= 4 is 7.12 Å². The molecule has 0 amide bonds. The Morgan fingerprint density at radius 1 is 1.00 bits per heavy atom. The Kier molecular flexibility index (Phi) is 4.13. The molecule has 0 aromatic heterocycles. The summed E-state index contributed by atoms with van der Waals surface area (Å²) in [5, 5.41) is 0. The molecule has 76 valence electrons. The predicted molar refractivity (Wildman–Crippen MR) is 47.2 cm³/mol. The first-order chi connectivity index (χ1) is 6.17. The van der Waals surface area contributed by atoms with E-state index in [-0.39, 0.29) is 12.2 Å². The molecule has 5 heteroatoms. The molecule has 1 aliphatic carbocycles. The maximum Gasteiger partial charge on any atom is 0.459 e. The highest BCUT2D eigenvalue weighted by Gasteiger charge is 2.37. The summed E-state index contributed by atoms with van der Waals surface area (Å²) >= 11 is 0. The van der Waals surface area contributed by atoms with Gasteiger partial charge in [-0.1, -0.05) is 0 Å². The molecule has 13 heavy (non-hydrogen) atoms. The van der Waals surface area contributed by atoms with Crippen LogP contribution in [0.15, 0.2) is 0 Å². The normalized spacial score (nSPS) is 34.6. The molecule has 1 fully saturated rings. The molecule has 1 saturated carbocycles. The van der Waals surface area contributed by atoms with Gasteiger partial charge in [0.25, 0.3) is 0 Å². The van der Waals surface area contributed by atoms with E-state index in [0.717, 1.165) is 0 Å². The van der Waals surface area contributed by atoms with Crippen LogP contribution < -0.4 is 0 Å². The van der Waals surface area contributed by atoms with E-state index in [1.54, 1.807) is 0 Å². The highest BCUT2D eigenvalue weighted by Crippen LogP contribution is 2.35. The van der Waals surface area contributed by atoms with Gasteiger partial charge in [-0.15, -0.1) is 0 Å². The number of hydrogen-bond acceptors (Lipinski definition) is 2. The highest BCUT2D eigenvalue weighted by atomic mass is 19.1. The van der Waals surface area contributed by atoms with E-state index >= 15 is 0 Å². The molecule has 0 saturated heterocycles. The zero-order chi connectivity index (χ0) is 9.84. The smallest absolute Gasteiger partial charge is 0.414 e. The van der Waals surface area contributed by atoms with Crippen molar-refractivity contribution < 1.29 is 18.1 Å². The Morgan fingerprint density at radius 2 is 1.46 bits per heavy atom. The number of hydrogen-bond donors (Lipinski definition) is 0. The molecule has 0 aromatic rings. The molecule has 0 heterocycles. The average Bonchev–Trinajstić information content (AvgIpc) is 2.04. The van der Waals surface area contributed by atoms with Crippen LogP contribution in [0.4, 0.5) is 8.78 Å². The molecular formula is C8H15BF2O2. The quantitative estimate of drug-likeness (QED) is 0.636. The van der Waals surface area contributed by atoms with Gasteiger partial charge in [0, 0.05) is 20.6 Å². The van der Waals surface area contributed by atoms with Crippen molar-refractivity contribution in [1.29, 1.82) is 0 Å². The summed E-state index contributed by atoms with van der Waals surface area (Å²) in [4.78, 5) is 0. The van der Waals surface area contributed by atoms with Gasteiger partial charge in [-0.05, 0) is 18.7 Å². The summed E-state index contributed by atoms with van der Waals surface area (Å²) in [5.74, 6) is -0.159. The molecule has 2 unspecified atom stereocenters. The fourth-order valence-corrected chi connectivity index (χ4v) is 1.93. The van der Waals surface area contributed by atoms with Gasteiger partial charge in [0.15, 0.2) is 0 Å². The molecule has 2 atom stereocenters. The van der Waals surface area contributed by atoms with Crippen LogP contribution in [0.1, 0.15) is 19.3 Å². The number of alkyl halides is 2. The van der Waals surface area contributed by atoms with Crippen molar-refractivity contribution in [2.24, 2.45) is 0 Å². The lowest BCUT2D eigenvalue weighted by Crippen LogP contribution is -2.34. The van der Waals surface area contributed by atoms with Gasteiger partial charge in [-0.3, -0.25) is 0 Å². The minimum atomic E-state index is -1.05. The molecule has 0 N–H and O–H groups in total. The lowest BCUT2D eigenvalue weighted by Gasteiger charge is -2.28. The van der Waals surface area contributed by atoms with Gasteiger partial charge in [0.2, 0.25) is 0 Å². The van der Waals surface area contributed by atoms with Crippen LogP contribution in [-0.4, -0.2) is 33.7 Å². The topological polar surface area (TPSA) is 18.5 Å². The summed E-state index contributed by atoms with van der Waals surface area (Å²) in [6, 6.07) is 0. The Bertz CT molecular complexity index is 145. The Labute approximate surface area is 77.7 Å². The van der Waals surface area contributed by atoms with Crippen LogP contribution in [-0.2, 0) is 9.31 Å². The summed E-state index contributed by atoms with van der Waals surface area (Å²) in [7, 11) is 2.50. The van der Waals surface area contributed by atoms with E-state index in [2.05, 4.69) is 0 Å². The van der Waals surface area contributed by atoms with Crippen LogP contribution >= 0.6 is 0 Å². The first kappa shape index (κ1) is 10.9. The zero-order valence-electron chi connectivity index (χ0n) is 8.00. The highest BCUT2D eigenvalue weighted by molar-refractivity contribution is 6.46. The maximum atomic E-state index is 13.0. The first-order valence-electron chi connectivity index (χ1n) is 4.51. The van der Waals surface area contributed by atoms with Gasteiger partial charge >= 0.3 is 7.12 Å². The van der Waals surface area contributed by atoms with Crippen molar-refractivity contribution in [3.63, 3.8) is 0 Å². The second-order valence-corrected chi connectivity index (χ2v) is 3.50. The van der Waals surface area contributed by atoms with E-state index in [4.69, 9.17) is 9.31 Å². The van der Waals surface area contributed by atoms with Crippen molar-refractivity contribution in [2.75, 3.05) is 14.2 Å². The molecule has 1 rings (SSSR count). The van der Waals surface area contributed by atoms with Crippen LogP contribution in [0.3, 0.4) is 0 Å². The SMILES string of the molecule is COB(OC)C1CC(F)CC(F)C1. The van der Waals surface area contributed by atoms with Crippen LogP contribution in [0, 0.1) is 0 Å². The third kappa shape index (κ3) is 2.92. The molecule has 0 aromatic carbocycles. The van der Waals surface area contributed by atoms with Crippen LogP contribution in [0.25, 0.3) is 0 Å². The standard InChI is InChI=1S/C8H15BF2O2/c1-12-9(13-2)6-3-7(10)5-8(11)4-6/h6-8H,3-5H2,1-2H3. The lowest BCUT2D eigenvalue weighted by molar-refractivity contribution is 0.140. The zero-order valence-corrected chi connectivity index (χ0v) is 8.00. The number of halogens is 2. The molecule has 0 spiro atoms.